The van der Waals surface area contributed by atoms with E-state index in [-0.39, 0.29) is 18.1 Å². The summed E-state index contributed by atoms with van der Waals surface area (Å²) < 4.78 is 22.8. The number of hydrogen-bond acceptors (Lipinski definition) is 7. The minimum atomic E-state index is -0.159. The number of halogens is 1. The zero-order valence-corrected chi connectivity index (χ0v) is 20.3. The summed E-state index contributed by atoms with van der Waals surface area (Å²) >= 11 is 6.36. The molecule has 0 aliphatic carbocycles. The highest BCUT2D eigenvalue weighted by atomic mass is 35.5. The SMILES string of the molecule is COc1c(Cl)cccc1Nc1c(-c2ccncc2OCC2COCCO2)[nH]c2c1C(=O)NC(C)C2. The van der Waals surface area contributed by atoms with Gasteiger partial charge in [-0.15, -0.1) is 0 Å². The monoisotopic (exact) mass is 498 g/mol. The molecule has 0 saturated carbocycles. The summed E-state index contributed by atoms with van der Waals surface area (Å²) in [7, 11) is 1.56. The van der Waals surface area contributed by atoms with Gasteiger partial charge in [-0.1, -0.05) is 17.7 Å². The summed E-state index contributed by atoms with van der Waals surface area (Å²) in [6.45, 7) is 3.90. The minimum absolute atomic E-state index is 0.00617. The molecule has 3 aromatic rings. The molecule has 1 fully saturated rings. The van der Waals surface area contributed by atoms with Gasteiger partial charge in [-0.05, 0) is 25.1 Å². The van der Waals surface area contributed by atoms with Gasteiger partial charge in [-0.25, -0.2) is 0 Å². The van der Waals surface area contributed by atoms with E-state index >= 15 is 0 Å². The quantitative estimate of drug-likeness (QED) is 0.452. The Bertz CT molecular complexity index is 1220. The second-order valence-corrected chi connectivity index (χ2v) is 8.91. The van der Waals surface area contributed by atoms with Gasteiger partial charge >= 0.3 is 0 Å². The lowest BCUT2D eigenvalue weighted by molar-refractivity contribution is -0.101. The number of nitrogens with zero attached hydrogens (tertiary/aromatic N) is 1. The molecule has 1 aromatic carbocycles. The van der Waals surface area contributed by atoms with E-state index in [0.717, 1.165) is 11.3 Å². The van der Waals surface area contributed by atoms with E-state index in [4.69, 9.17) is 30.5 Å². The van der Waals surface area contributed by atoms with Crippen molar-refractivity contribution in [2.75, 3.05) is 38.9 Å². The molecule has 1 saturated heterocycles. The van der Waals surface area contributed by atoms with Crippen LogP contribution in [0, 0.1) is 0 Å². The summed E-state index contributed by atoms with van der Waals surface area (Å²) in [6.07, 6.45) is 3.85. The molecule has 5 rings (SSSR count). The first-order valence-electron chi connectivity index (χ1n) is 11.5. The van der Waals surface area contributed by atoms with Gasteiger partial charge < -0.3 is 34.6 Å². The highest BCUT2D eigenvalue weighted by molar-refractivity contribution is 6.32. The lowest BCUT2D eigenvalue weighted by Gasteiger charge is -2.23. The van der Waals surface area contributed by atoms with Gasteiger partial charge in [0.2, 0.25) is 0 Å². The Kier molecular flexibility index (Phi) is 6.81. The first-order valence-corrected chi connectivity index (χ1v) is 11.8. The maximum absolute atomic E-state index is 13.1. The minimum Gasteiger partial charge on any atom is -0.493 e. The van der Waals surface area contributed by atoms with Crippen molar-refractivity contribution in [1.82, 2.24) is 15.3 Å². The fraction of sp³-hybridized carbons (Fsp3) is 0.360. The van der Waals surface area contributed by atoms with Crippen molar-refractivity contribution in [2.24, 2.45) is 0 Å². The van der Waals surface area contributed by atoms with Crippen LogP contribution in [0.15, 0.2) is 36.7 Å². The molecule has 0 radical (unpaired) electrons. The van der Waals surface area contributed by atoms with Crippen molar-refractivity contribution in [3.63, 3.8) is 0 Å². The van der Waals surface area contributed by atoms with Crippen molar-refractivity contribution in [2.45, 2.75) is 25.5 Å². The topological polar surface area (TPSA) is 107 Å². The molecule has 3 N–H and O–H groups in total. The van der Waals surface area contributed by atoms with Gasteiger partial charge in [0.1, 0.15) is 18.5 Å². The predicted molar refractivity (Wildman–Crippen MR) is 132 cm³/mol. The van der Waals surface area contributed by atoms with Crippen LogP contribution < -0.4 is 20.1 Å². The zero-order valence-electron chi connectivity index (χ0n) is 19.5. The maximum Gasteiger partial charge on any atom is 0.255 e. The number of amides is 1. The fourth-order valence-electron chi connectivity index (χ4n) is 4.40. The standard InChI is InChI=1S/C25H27ClN4O5/c1-14-10-19-21(25(31)28-14)23(29-18-5-3-4-17(26)24(18)32-2)22(30-19)16-6-7-27-11-20(16)35-13-15-12-33-8-9-34-15/h3-7,11,14-15,29-30H,8-10,12-13H2,1-2H3,(H,28,31). The number of para-hydroxylation sites is 1. The molecule has 184 valence electrons. The van der Waals surface area contributed by atoms with E-state index in [1.165, 1.54) is 0 Å². The molecule has 35 heavy (non-hydrogen) atoms. The normalized spacial score (nSPS) is 19.6. The highest BCUT2D eigenvalue weighted by Gasteiger charge is 2.31. The molecule has 2 atom stereocenters. The number of ether oxygens (including phenoxy) is 4. The molecule has 4 heterocycles. The number of hydrogen-bond donors (Lipinski definition) is 3. The van der Waals surface area contributed by atoms with Gasteiger partial charge in [0, 0.05) is 29.9 Å². The molecule has 2 aromatic heterocycles. The lowest BCUT2D eigenvalue weighted by atomic mass is 10.0. The van der Waals surface area contributed by atoms with Gasteiger partial charge in [-0.2, -0.15) is 0 Å². The Hall–Kier alpha value is -3.27. The second-order valence-electron chi connectivity index (χ2n) is 8.50. The summed E-state index contributed by atoms with van der Waals surface area (Å²) in [5, 5.41) is 6.88. The van der Waals surface area contributed by atoms with Crippen molar-refractivity contribution in [1.29, 1.82) is 0 Å². The van der Waals surface area contributed by atoms with Crippen LogP contribution in [-0.2, 0) is 15.9 Å². The maximum atomic E-state index is 13.1. The molecule has 2 unspecified atom stereocenters. The smallest absolute Gasteiger partial charge is 0.255 e. The molecule has 1 amide bonds. The van der Waals surface area contributed by atoms with Gasteiger partial charge in [0.15, 0.2) is 5.75 Å². The van der Waals surface area contributed by atoms with E-state index in [1.807, 2.05) is 25.1 Å². The summed E-state index contributed by atoms with van der Waals surface area (Å²) in [5.41, 5.74) is 4.10. The first-order chi connectivity index (χ1) is 17.0. The third kappa shape index (κ3) is 4.80. The Labute approximate surface area is 208 Å². The van der Waals surface area contributed by atoms with Crippen molar-refractivity contribution < 1.29 is 23.7 Å². The first kappa shape index (κ1) is 23.5. The average molecular weight is 499 g/mol. The van der Waals surface area contributed by atoms with Gasteiger partial charge in [0.05, 0.1) is 60.8 Å². The van der Waals surface area contributed by atoms with Crippen LogP contribution >= 0.6 is 11.6 Å². The number of carbonyl (C=O) groups is 1. The molecular formula is C25H27ClN4O5. The molecule has 10 heteroatoms. The third-order valence-electron chi connectivity index (χ3n) is 5.99. The Morgan fingerprint density at radius 3 is 2.97 bits per heavy atom. The van der Waals surface area contributed by atoms with E-state index < -0.39 is 0 Å². The van der Waals surface area contributed by atoms with Crippen LogP contribution in [0.2, 0.25) is 5.02 Å². The molecule has 0 bridgehead atoms. The fourth-order valence-corrected chi connectivity index (χ4v) is 4.65. The number of fused-ring (bicyclic) bond motifs is 1. The molecule has 2 aliphatic rings. The van der Waals surface area contributed by atoms with Crippen molar-refractivity contribution >= 4 is 28.9 Å². The van der Waals surface area contributed by atoms with Crippen LogP contribution in [-0.4, -0.2) is 61.6 Å². The summed E-state index contributed by atoms with van der Waals surface area (Å²) in [6, 6.07) is 7.28. The van der Waals surface area contributed by atoms with Crippen LogP contribution in [0.25, 0.3) is 11.3 Å². The van der Waals surface area contributed by atoms with Crippen LogP contribution in [0.4, 0.5) is 11.4 Å². The Balaban J connectivity index is 1.57. The summed E-state index contributed by atoms with van der Waals surface area (Å²) in [4.78, 5) is 20.8. The molecule has 9 nitrogen and oxygen atoms in total. The van der Waals surface area contributed by atoms with E-state index in [0.29, 0.717) is 72.0 Å². The number of nitrogens with one attached hydrogen (secondary N) is 3. The van der Waals surface area contributed by atoms with Crippen molar-refractivity contribution in [3.05, 3.63) is 52.9 Å². The Morgan fingerprint density at radius 1 is 1.29 bits per heavy atom. The van der Waals surface area contributed by atoms with Gasteiger partial charge in [-0.3, -0.25) is 9.78 Å². The number of benzene rings is 1. The van der Waals surface area contributed by atoms with Gasteiger partial charge in [0.25, 0.3) is 5.91 Å². The van der Waals surface area contributed by atoms with Crippen LogP contribution in [0.1, 0.15) is 23.0 Å². The zero-order chi connectivity index (χ0) is 24.4. The number of pyridine rings is 1. The second kappa shape index (κ2) is 10.2. The number of methoxy groups -OCH3 is 1. The highest BCUT2D eigenvalue weighted by Crippen LogP contribution is 2.43. The predicted octanol–water partition coefficient (Wildman–Crippen LogP) is 3.95. The number of anilines is 2. The van der Waals surface area contributed by atoms with E-state index in [2.05, 4.69) is 20.6 Å². The van der Waals surface area contributed by atoms with E-state index in [1.54, 1.807) is 25.6 Å². The number of aromatic amines is 1. The number of H-pyrrole nitrogens is 1. The average Bonchev–Trinajstić information content (AvgIpc) is 3.21. The van der Waals surface area contributed by atoms with Crippen LogP contribution in [0.3, 0.4) is 0 Å². The number of carbonyl (C=O) groups excluding carboxylic acids is 1. The van der Waals surface area contributed by atoms with Crippen LogP contribution in [0.5, 0.6) is 11.5 Å². The number of rotatable bonds is 7. The van der Waals surface area contributed by atoms with Crippen molar-refractivity contribution in [3.8, 4) is 22.8 Å². The summed E-state index contributed by atoms with van der Waals surface area (Å²) in [5.74, 6) is 0.893. The Morgan fingerprint density at radius 2 is 2.17 bits per heavy atom. The molecule has 2 aliphatic heterocycles. The largest absolute Gasteiger partial charge is 0.493 e. The van der Waals surface area contributed by atoms with E-state index in [9.17, 15) is 4.79 Å². The number of aromatic nitrogens is 2. The third-order valence-corrected chi connectivity index (χ3v) is 6.28. The lowest BCUT2D eigenvalue weighted by Crippen LogP contribution is -2.39. The molecule has 0 spiro atoms. The molecular weight excluding hydrogens is 472 g/mol.